The van der Waals surface area contributed by atoms with Crippen LogP contribution in [-0.4, -0.2) is 15.1 Å². The van der Waals surface area contributed by atoms with Crippen LogP contribution in [0.2, 0.25) is 10.0 Å². The van der Waals surface area contributed by atoms with Gasteiger partial charge in [-0.3, -0.25) is 4.98 Å². The number of nitrogen functional groups attached to an aromatic ring is 1. The summed E-state index contributed by atoms with van der Waals surface area (Å²) in [6.07, 6.45) is 1.36. The van der Waals surface area contributed by atoms with Gasteiger partial charge < -0.3 is 10.8 Å². The van der Waals surface area contributed by atoms with E-state index in [1.54, 1.807) is 12.1 Å². The van der Waals surface area contributed by atoms with Crippen LogP contribution in [0.5, 0.6) is 5.75 Å². The molecule has 116 valence electrons. The molecule has 0 fully saturated rings. The first kappa shape index (κ1) is 15.5. The monoisotopic (exact) mass is 349 g/mol. The lowest BCUT2D eigenvalue weighted by atomic mass is 10.0. The summed E-state index contributed by atoms with van der Waals surface area (Å²) in [6, 6.07) is 8.85. The van der Waals surface area contributed by atoms with Gasteiger partial charge in [-0.2, -0.15) is 0 Å². The Balaban J connectivity index is 2.29. The normalized spacial score (nSPS) is 10.7. The van der Waals surface area contributed by atoms with E-state index < -0.39 is 5.82 Å². The highest BCUT2D eigenvalue weighted by Gasteiger charge is 2.18. The van der Waals surface area contributed by atoms with Gasteiger partial charge in [0.2, 0.25) is 0 Å². The highest BCUT2D eigenvalue weighted by Crippen LogP contribution is 2.37. The minimum Gasteiger partial charge on any atom is -0.506 e. The van der Waals surface area contributed by atoms with Crippen LogP contribution >= 0.6 is 23.2 Å². The average molecular weight is 350 g/mol. The molecule has 3 N–H and O–H groups in total. The van der Waals surface area contributed by atoms with E-state index in [2.05, 4.69) is 9.97 Å². The Labute approximate surface area is 141 Å². The predicted molar refractivity (Wildman–Crippen MR) is 89.0 cm³/mol. The van der Waals surface area contributed by atoms with E-state index in [0.29, 0.717) is 11.3 Å². The van der Waals surface area contributed by atoms with Gasteiger partial charge in [0.25, 0.3) is 0 Å². The van der Waals surface area contributed by atoms with E-state index >= 15 is 0 Å². The Morgan fingerprint density at radius 2 is 1.83 bits per heavy atom. The lowest BCUT2D eigenvalue weighted by molar-refractivity contribution is 0.475. The molecule has 4 nitrogen and oxygen atoms in total. The van der Waals surface area contributed by atoms with Crippen molar-refractivity contribution in [2.24, 2.45) is 0 Å². The van der Waals surface area contributed by atoms with Crippen molar-refractivity contribution in [3.8, 4) is 28.3 Å². The number of rotatable bonds is 2. The van der Waals surface area contributed by atoms with Crippen molar-refractivity contribution in [2.75, 3.05) is 5.73 Å². The fourth-order valence-electron chi connectivity index (χ4n) is 2.17. The molecule has 0 saturated heterocycles. The van der Waals surface area contributed by atoms with Gasteiger partial charge in [-0.25, -0.2) is 9.37 Å². The third kappa shape index (κ3) is 2.93. The lowest BCUT2D eigenvalue weighted by Crippen LogP contribution is -2.00. The molecule has 0 aliphatic rings. The van der Waals surface area contributed by atoms with Crippen molar-refractivity contribution < 1.29 is 9.50 Å². The molecule has 0 aliphatic heterocycles. The summed E-state index contributed by atoms with van der Waals surface area (Å²) in [7, 11) is 0. The molecule has 7 heteroatoms. The number of phenolic OH excluding ortho intramolecular Hbond substituents is 1. The molecule has 23 heavy (non-hydrogen) atoms. The number of hydrogen-bond donors (Lipinski definition) is 2. The maximum atomic E-state index is 14.2. The minimum absolute atomic E-state index is 0.0655. The van der Waals surface area contributed by atoms with Gasteiger partial charge in [-0.05, 0) is 30.3 Å². The van der Waals surface area contributed by atoms with E-state index in [1.807, 2.05) is 0 Å². The maximum absolute atomic E-state index is 14.2. The molecule has 2 aromatic carbocycles. The molecule has 1 heterocycles. The highest BCUT2D eigenvalue weighted by molar-refractivity contribution is 6.33. The van der Waals surface area contributed by atoms with Crippen LogP contribution in [0.4, 0.5) is 10.2 Å². The number of aromatic nitrogens is 2. The smallest absolute Gasteiger partial charge is 0.142 e. The average Bonchev–Trinajstić information content (AvgIpc) is 2.50. The second-order valence-corrected chi connectivity index (χ2v) is 5.57. The maximum Gasteiger partial charge on any atom is 0.142 e. The van der Waals surface area contributed by atoms with E-state index in [4.69, 9.17) is 28.9 Å². The van der Waals surface area contributed by atoms with Gasteiger partial charge >= 0.3 is 0 Å². The molecule has 0 unspecified atom stereocenters. The van der Waals surface area contributed by atoms with Gasteiger partial charge in [0, 0.05) is 5.56 Å². The van der Waals surface area contributed by atoms with Gasteiger partial charge in [0.15, 0.2) is 0 Å². The largest absolute Gasteiger partial charge is 0.506 e. The number of benzene rings is 2. The molecular weight excluding hydrogens is 340 g/mol. The molecule has 0 aliphatic carbocycles. The SMILES string of the molecule is Nc1cnc(-c2ccc(O)c(Cl)c2)c(-c2c(F)cccc2Cl)n1. The minimum atomic E-state index is -0.538. The van der Waals surface area contributed by atoms with Gasteiger partial charge in [-0.1, -0.05) is 29.3 Å². The number of nitrogens with two attached hydrogens (primary N) is 1. The number of nitrogens with zero attached hydrogens (tertiary/aromatic N) is 2. The van der Waals surface area contributed by atoms with Crippen molar-refractivity contribution in [1.82, 2.24) is 9.97 Å². The lowest BCUT2D eigenvalue weighted by Gasteiger charge is -2.12. The van der Waals surface area contributed by atoms with Crippen LogP contribution < -0.4 is 5.73 Å². The standard InChI is InChI=1S/C16H10Cl2FN3O/c17-9-2-1-3-11(19)14(9)16-15(21-7-13(20)22-16)8-4-5-12(23)10(18)6-8/h1-7,23H,(H2,20,22). The molecule has 0 saturated carbocycles. The zero-order chi connectivity index (χ0) is 16.6. The first-order valence-electron chi connectivity index (χ1n) is 6.53. The van der Waals surface area contributed by atoms with Crippen LogP contribution in [0.3, 0.4) is 0 Å². The van der Waals surface area contributed by atoms with Crippen LogP contribution in [-0.2, 0) is 0 Å². The second kappa shape index (κ2) is 6.02. The van der Waals surface area contributed by atoms with Crippen LogP contribution in [0, 0.1) is 5.82 Å². The fourth-order valence-corrected chi connectivity index (χ4v) is 2.60. The third-order valence-corrected chi connectivity index (χ3v) is 3.83. The number of anilines is 1. The molecule has 0 bridgehead atoms. The fraction of sp³-hybridized carbons (Fsp3) is 0. The highest BCUT2D eigenvalue weighted by atomic mass is 35.5. The van der Waals surface area contributed by atoms with Crippen molar-refractivity contribution >= 4 is 29.0 Å². The van der Waals surface area contributed by atoms with Gasteiger partial charge in [-0.15, -0.1) is 0 Å². The van der Waals surface area contributed by atoms with Crippen molar-refractivity contribution in [2.45, 2.75) is 0 Å². The molecule has 0 atom stereocenters. The first-order valence-corrected chi connectivity index (χ1v) is 7.28. The zero-order valence-corrected chi connectivity index (χ0v) is 13.1. The molecule has 0 radical (unpaired) electrons. The summed E-state index contributed by atoms with van der Waals surface area (Å²) in [5.41, 5.74) is 6.91. The van der Waals surface area contributed by atoms with Crippen molar-refractivity contribution in [1.29, 1.82) is 0 Å². The summed E-state index contributed by atoms with van der Waals surface area (Å²) < 4.78 is 14.2. The third-order valence-electron chi connectivity index (χ3n) is 3.21. The topological polar surface area (TPSA) is 72.0 Å². The number of halogens is 3. The molecule has 3 aromatic rings. The van der Waals surface area contributed by atoms with Gasteiger partial charge in [0.1, 0.15) is 23.1 Å². The summed E-state index contributed by atoms with van der Waals surface area (Å²) in [5, 5.41) is 9.88. The first-order chi connectivity index (χ1) is 11.0. The Kier molecular flexibility index (Phi) is 4.07. The summed E-state index contributed by atoms with van der Waals surface area (Å²) >= 11 is 12.1. The van der Waals surface area contributed by atoms with E-state index in [-0.39, 0.29) is 32.9 Å². The predicted octanol–water partition coefficient (Wildman–Crippen LogP) is 4.54. The summed E-state index contributed by atoms with van der Waals surface area (Å²) in [5.74, 6) is -0.472. The van der Waals surface area contributed by atoms with E-state index in [9.17, 15) is 9.50 Å². The van der Waals surface area contributed by atoms with E-state index in [1.165, 1.54) is 30.5 Å². The molecular formula is C16H10Cl2FN3O. The summed E-state index contributed by atoms with van der Waals surface area (Å²) in [6.45, 7) is 0. The Morgan fingerprint density at radius 1 is 1.04 bits per heavy atom. The Hall–Kier alpha value is -2.37. The quantitative estimate of drug-likeness (QED) is 0.712. The van der Waals surface area contributed by atoms with E-state index in [0.717, 1.165) is 0 Å². The number of hydrogen-bond acceptors (Lipinski definition) is 4. The Morgan fingerprint density at radius 3 is 2.52 bits per heavy atom. The van der Waals surface area contributed by atoms with Gasteiger partial charge in [0.05, 0.1) is 27.5 Å². The number of phenols is 1. The summed E-state index contributed by atoms with van der Waals surface area (Å²) in [4.78, 5) is 8.40. The van der Waals surface area contributed by atoms with Crippen molar-refractivity contribution in [3.63, 3.8) is 0 Å². The molecule has 1 aromatic heterocycles. The number of aromatic hydroxyl groups is 1. The van der Waals surface area contributed by atoms with Crippen LogP contribution in [0.15, 0.2) is 42.6 Å². The van der Waals surface area contributed by atoms with Crippen LogP contribution in [0.25, 0.3) is 22.5 Å². The molecule has 3 rings (SSSR count). The molecule has 0 amide bonds. The second-order valence-electron chi connectivity index (χ2n) is 4.75. The molecule has 0 spiro atoms. The zero-order valence-electron chi connectivity index (χ0n) is 11.6. The van der Waals surface area contributed by atoms with Crippen molar-refractivity contribution in [3.05, 3.63) is 58.5 Å². The van der Waals surface area contributed by atoms with Crippen LogP contribution in [0.1, 0.15) is 0 Å². The Bertz CT molecular complexity index is 882.